The third kappa shape index (κ3) is 5.48. The Balaban J connectivity index is 1.11. The maximum absolute atomic E-state index is 5.19. The minimum Gasteiger partial charge on any atom is -0.309 e. The van der Waals surface area contributed by atoms with E-state index >= 15 is 0 Å². The molecule has 0 bridgehead atoms. The van der Waals surface area contributed by atoms with Crippen molar-refractivity contribution in [2.24, 2.45) is 0 Å². The maximum atomic E-state index is 5.19. The van der Waals surface area contributed by atoms with Crippen molar-refractivity contribution in [3.05, 3.63) is 218 Å². The standard InChI is InChI=1S/C57H36N6/c1-3-17-37(18-4-1)55-58-56(38-19-5-2-6-20-38)60-57(59-55)39-31-33-53(62-49-28-14-9-23-43(49)44-24-10-15-29-50(44)62)54(35-39)63-51-30-16-11-25-45(51)46-36-40(32-34-52(46)63)61-47-26-12-7-21-41(47)42-22-8-13-27-48(42)61/h1-36H. The Morgan fingerprint density at radius 3 is 1.08 bits per heavy atom. The summed E-state index contributed by atoms with van der Waals surface area (Å²) >= 11 is 0. The molecule has 0 fully saturated rings. The van der Waals surface area contributed by atoms with E-state index in [4.69, 9.17) is 15.0 Å². The van der Waals surface area contributed by atoms with E-state index in [1.54, 1.807) is 0 Å². The Morgan fingerprint density at radius 2 is 0.603 bits per heavy atom. The first kappa shape index (κ1) is 35.2. The molecule has 0 aliphatic heterocycles. The number of rotatable bonds is 6. The van der Waals surface area contributed by atoms with Gasteiger partial charge in [0.25, 0.3) is 0 Å². The Morgan fingerprint density at radius 1 is 0.238 bits per heavy atom. The average Bonchev–Trinajstić information content (AvgIpc) is 4.00. The van der Waals surface area contributed by atoms with Gasteiger partial charge in [0.05, 0.1) is 44.5 Å². The highest BCUT2D eigenvalue weighted by Gasteiger charge is 2.22. The van der Waals surface area contributed by atoms with Crippen LogP contribution in [0.15, 0.2) is 218 Å². The molecule has 0 N–H and O–H groups in total. The van der Waals surface area contributed by atoms with Gasteiger partial charge < -0.3 is 13.7 Å². The van der Waals surface area contributed by atoms with Gasteiger partial charge in [-0.3, -0.25) is 0 Å². The highest BCUT2D eigenvalue weighted by atomic mass is 15.1. The predicted octanol–water partition coefficient (Wildman–Crippen LogP) is 14.2. The van der Waals surface area contributed by atoms with Gasteiger partial charge >= 0.3 is 0 Å². The predicted molar refractivity (Wildman–Crippen MR) is 259 cm³/mol. The lowest BCUT2D eigenvalue weighted by Crippen LogP contribution is -2.05. The maximum Gasteiger partial charge on any atom is 0.164 e. The van der Waals surface area contributed by atoms with Crippen LogP contribution < -0.4 is 0 Å². The summed E-state index contributed by atoms with van der Waals surface area (Å²) in [6, 6.07) is 77.5. The topological polar surface area (TPSA) is 53.5 Å². The van der Waals surface area contributed by atoms with E-state index in [-0.39, 0.29) is 0 Å². The molecule has 6 heteroatoms. The quantitative estimate of drug-likeness (QED) is 0.168. The molecule has 0 aliphatic carbocycles. The molecule has 63 heavy (non-hydrogen) atoms. The lowest BCUT2D eigenvalue weighted by Gasteiger charge is -2.18. The van der Waals surface area contributed by atoms with Crippen LogP contribution in [0.2, 0.25) is 0 Å². The van der Waals surface area contributed by atoms with E-state index in [1.165, 1.54) is 43.4 Å². The van der Waals surface area contributed by atoms with Gasteiger partial charge in [0.2, 0.25) is 0 Å². The van der Waals surface area contributed by atoms with Crippen molar-refractivity contribution < 1.29 is 0 Å². The molecule has 0 radical (unpaired) electrons. The van der Waals surface area contributed by atoms with Crippen LogP contribution in [0.5, 0.6) is 0 Å². The van der Waals surface area contributed by atoms with Crippen LogP contribution in [0.1, 0.15) is 0 Å². The van der Waals surface area contributed by atoms with Crippen molar-refractivity contribution in [1.82, 2.24) is 28.7 Å². The minimum absolute atomic E-state index is 0.604. The lowest BCUT2D eigenvalue weighted by molar-refractivity contribution is 1.06. The number of para-hydroxylation sites is 5. The van der Waals surface area contributed by atoms with Crippen molar-refractivity contribution in [2.45, 2.75) is 0 Å². The molecule has 0 atom stereocenters. The fraction of sp³-hybridized carbons (Fsp3) is 0. The summed E-state index contributed by atoms with van der Waals surface area (Å²) in [5.41, 5.74) is 12.8. The monoisotopic (exact) mass is 804 g/mol. The summed E-state index contributed by atoms with van der Waals surface area (Å²) < 4.78 is 7.24. The highest BCUT2D eigenvalue weighted by molar-refractivity contribution is 6.13. The van der Waals surface area contributed by atoms with Crippen molar-refractivity contribution in [3.63, 3.8) is 0 Å². The molecule has 294 valence electrons. The molecule has 13 aromatic rings. The number of aromatic nitrogens is 6. The van der Waals surface area contributed by atoms with Crippen LogP contribution in [-0.4, -0.2) is 28.7 Å². The summed E-state index contributed by atoms with van der Waals surface area (Å²) in [5.74, 6) is 1.86. The lowest BCUT2D eigenvalue weighted by atomic mass is 10.1. The molecule has 6 nitrogen and oxygen atoms in total. The van der Waals surface area contributed by atoms with Gasteiger partial charge in [0, 0.05) is 54.7 Å². The van der Waals surface area contributed by atoms with Crippen LogP contribution in [-0.2, 0) is 0 Å². The molecule has 13 rings (SSSR count). The largest absolute Gasteiger partial charge is 0.309 e. The Bertz CT molecular complexity index is 3750. The molecule has 0 amide bonds. The minimum atomic E-state index is 0.604. The summed E-state index contributed by atoms with van der Waals surface area (Å²) in [6.45, 7) is 0. The molecule has 0 spiro atoms. The van der Waals surface area contributed by atoms with Crippen LogP contribution in [0, 0.1) is 0 Å². The first-order chi connectivity index (χ1) is 31.3. The van der Waals surface area contributed by atoms with E-state index in [1.807, 2.05) is 36.4 Å². The summed E-state index contributed by atoms with van der Waals surface area (Å²) in [6.07, 6.45) is 0. The zero-order chi connectivity index (χ0) is 41.4. The van der Waals surface area contributed by atoms with Crippen molar-refractivity contribution in [3.8, 4) is 51.2 Å². The third-order valence-electron chi connectivity index (χ3n) is 12.5. The van der Waals surface area contributed by atoms with E-state index in [2.05, 4.69) is 196 Å². The number of nitrogens with zero attached hydrogens (tertiary/aromatic N) is 6. The van der Waals surface area contributed by atoms with E-state index in [0.717, 1.165) is 55.8 Å². The zero-order valence-corrected chi connectivity index (χ0v) is 34.0. The van der Waals surface area contributed by atoms with Crippen molar-refractivity contribution in [2.75, 3.05) is 0 Å². The molecular weight excluding hydrogens is 769 g/mol. The van der Waals surface area contributed by atoms with Gasteiger partial charge in [0.1, 0.15) is 0 Å². The molecule has 0 saturated carbocycles. The van der Waals surface area contributed by atoms with Gasteiger partial charge in [-0.15, -0.1) is 0 Å². The highest BCUT2D eigenvalue weighted by Crippen LogP contribution is 2.41. The smallest absolute Gasteiger partial charge is 0.164 e. The number of fused-ring (bicyclic) bond motifs is 9. The van der Waals surface area contributed by atoms with Crippen LogP contribution in [0.4, 0.5) is 0 Å². The fourth-order valence-electron chi connectivity index (χ4n) is 9.71. The summed E-state index contributed by atoms with van der Waals surface area (Å²) in [5, 5.41) is 7.24. The Kier molecular flexibility index (Phi) is 7.80. The normalized spacial score (nSPS) is 11.8. The van der Waals surface area contributed by atoms with Crippen LogP contribution in [0.3, 0.4) is 0 Å². The average molecular weight is 805 g/mol. The van der Waals surface area contributed by atoms with Crippen molar-refractivity contribution in [1.29, 1.82) is 0 Å². The van der Waals surface area contributed by atoms with Gasteiger partial charge in [-0.25, -0.2) is 15.0 Å². The first-order valence-corrected chi connectivity index (χ1v) is 21.3. The number of benzene rings is 9. The Labute approximate surface area is 362 Å². The molecule has 9 aromatic carbocycles. The van der Waals surface area contributed by atoms with Gasteiger partial charge in [-0.05, 0) is 66.7 Å². The zero-order valence-electron chi connectivity index (χ0n) is 34.0. The van der Waals surface area contributed by atoms with E-state index < -0.39 is 0 Å². The van der Waals surface area contributed by atoms with E-state index in [9.17, 15) is 0 Å². The second-order valence-corrected chi connectivity index (χ2v) is 16.0. The molecule has 0 aliphatic rings. The summed E-state index contributed by atoms with van der Waals surface area (Å²) in [7, 11) is 0. The van der Waals surface area contributed by atoms with Gasteiger partial charge in [-0.2, -0.15) is 0 Å². The number of hydrogen-bond acceptors (Lipinski definition) is 3. The second-order valence-electron chi connectivity index (χ2n) is 16.0. The van der Waals surface area contributed by atoms with E-state index in [0.29, 0.717) is 17.5 Å². The first-order valence-electron chi connectivity index (χ1n) is 21.3. The van der Waals surface area contributed by atoms with Crippen molar-refractivity contribution >= 4 is 65.4 Å². The molecular formula is C57H36N6. The Hall–Kier alpha value is -8.61. The fourth-order valence-corrected chi connectivity index (χ4v) is 9.71. The SMILES string of the molecule is c1ccc(-c2nc(-c3ccccc3)nc(-c3ccc(-n4c5ccccc5c5ccccc54)c(-n4c5ccccc5c5cc(-n6c7ccccc7c7ccccc76)ccc54)c3)n2)cc1. The molecule has 0 saturated heterocycles. The van der Waals surface area contributed by atoms with Gasteiger partial charge in [0.15, 0.2) is 17.5 Å². The van der Waals surface area contributed by atoms with Crippen LogP contribution in [0.25, 0.3) is 117 Å². The molecule has 4 heterocycles. The van der Waals surface area contributed by atoms with Gasteiger partial charge in [-0.1, -0.05) is 152 Å². The van der Waals surface area contributed by atoms with Crippen LogP contribution >= 0.6 is 0 Å². The summed E-state index contributed by atoms with van der Waals surface area (Å²) in [4.78, 5) is 15.4. The second kappa shape index (κ2) is 14.0. The number of hydrogen-bond donors (Lipinski definition) is 0. The third-order valence-corrected chi connectivity index (χ3v) is 12.5. The molecule has 0 unspecified atom stereocenters. The molecule has 4 aromatic heterocycles.